The van der Waals surface area contributed by atoms with Crippen LogP contribution in [0.1, 0.15) is 145 Å². The van der Waals surface area contributed by atoms with Gasteiger partial charge in [-0.3, -0.25) is 9.59 Å². The van der Waals surface area contributed by atoms with Gasteiger partial charge in [0.25, 0.3) is 0 Å². The molecule has 16 heteroatoms. The van der Waals surface area contributed by atoms with Gasteiger partial charge < -0.3 is 43.9 Å². The van der Waals surface area contributed by atoms with Gasteiger partial charge in [0.2, 0.25) is 34.6 Å². The molecule has 16 nitrogen and oxygen atoms in total. The van der Waals surface area contributed by atoms with Crippen LogP contribution in [0.25, 0.3) is 19.4 Å². The Morgan fingerprint density at radius 3 is 1.06 bits per heavy atom. The van der Waals surface area contributed by atoms with E-state index in [1.165, 1.54) is 0 Å². The van der Waals surface area contributed by atoms with Gasteiger partial charge in [-0.2, -0.15) is 0 Å². The van der Waals surface area contributed by atoms with Crippen molar-refractivity contribution in [1.29, 1.82) is 0 Å². The molecule has 0 aromatic heterocycles. The van der Waals surface area contributed by atoms with Crippen LogP contribution in [-0.2, 0) is 33.5 Å². The van der Waals surface area contributed by atoms with Gasteiger partial charge in [-0.1, -0.05) is 107 Å². The summed E-state index contributed by atoms with van der Waals surface area (Å²) < 4.78 is 5.47. The van der Waals surface area contributed by atoms with Gasteiger partial charge >= 0.3 is 7.52 Å². The Morgan fingerprint density at radius 2 is 0.779 bits per heavy atom. The fourth-order valence-corrected chi connectivity index (χ4v) is 14.9. The Hall–Kier alpha value is -6.23. The van der Waals surface area contributed by atoms with Crippen molar-refractivity contribution in [3.05, 3.63) is 92.8 Å². The minimum Gasteiger partial charge on any atom is -0.444 e. The molecule has 416 valence electrons. The predicted octanol–water partition coefficient (Wildman–Crippen LogP) is 10.3. The molecule has 0 spiro atoms. The summed E-state index contributed by atoms with van der Waals surface area (Å²) in [6.07, 6.45) is 10.3. The van der Waals surface area contributed by atoms with Crippen molar-refractivity contribution < 1.29 is 39.7 Å². The first-order valence-electron chi connectivity index (χ1n) is 27.1. The van der Waals surface area contributed by atoms with Crippen molar-refractivity contribution in [1.82, 2.24) is 20.0 Å². The number of Topliss-reactive ketones (excluding diaryl/α,β-unsaturated/α-hetero) is 4. The van der Waals surface area contributed by atoms with Gasteiger partial charge in [0.05, 0.1) is 26.3 Å². The van der Waals surface area contributed by atoms with E-state index in [9.17, 15) is 33.6 Å². The molecule has 0 radical (unpaired) electrons. The van der Waals surface area contributed by atoms with E-state index in [1.54, 1.807) is 37.0 Å². The van der Waals surface area contributed by atoms with Crippen LogP contribution in [0, 0.1) is 93.3 Å². The second kappa shape index (κ2) is 21.5. The Morgan fingerprint density at radius 1 is 0.506 bits per heavy atom. The minimum atomic E-state index is -0.580. The number of nitrogens with one attached hydrogen (secondary N) is 1. The number of nitrogens with zero attached hydrogens (tertiary/aromatic N) is 7. The fourth-order valence-electron chi connectivity index (χ4n) is 14.9. The molecule has 0 unspecified atom stereocenters. The largest absolute Gasteiger partial charge is 1.00 e. The second-order valence-corrected chi connectivity index (χ2v) is 27.1. The van der Waals surface area contributed by atoms with E-state index >= 15 is 0 Å². The maximum Gasteiger partial charge on any atom is 1.00 e. The van der Waals surface area contributed by atoms with Crippen LogP contribution in [0.3, 0.4) is 0 Å². The maximum atomic E-state index is 12.5. The van der Waals surface area contributed by atoms with E-state index in [1.807, 2.05) is 99.0 Å². The lowest BCUT2D eigenvalue weighted by Gasteiger charge is -2.53. The molecule has 4 heterocycles. The number of carbonyl (C=O) groups is 7. The molecule has 0 aromatic rings. The molecule has 4 fully saturated rings. The summed E-state index contributed by atoms with van der Waals surface area (Å²) in [6.45, 7) is 66.8. The topological polar surface area (TPSA) is 168 Å². The Kier molecular flexibility index (Phi) is 17.2. The van der Waals surface area contributed by atoms with Gasteiger partial charge in [-0.15, -0.1) is 0 Å². The van der Waals surface area contributed by atoms with E-state index in [0.717, 1.165) is 38.8 Å². The van der Waals surface area contributed by atoms with E-state index < -0.39 is 27.3 Å². The highest BCUT2D eigenvalue weighted by Gasteiger charge is 2.57. The Bertz CT molecular complexity index is 2690. The van der Waals surface area contributed by atoms with Crippen LogP contribution in [0.2, 0.25) is 0 Å². The number of fused-ring (bicyclic) bond motifs is 4. The summed E-state index contributed by atoms with van der Waals surface area (Å²) in [5.74, 6) is 0.794. The second-order valence-electron chi connectivity index (χ2n) is 27.1. The molecule has 8 rings (SSSR count). The summed E-state index contributed by atoms with van der Waals surface area (Å²) in [5, 5.41) is 3.36. The molecular formula is C61H85N8O8+. The summed E-state index contributed by atoms with van der Waals surface area (Å²) in [4.78, 5) is 104. The van der Waals surface area contributed by atoms with E-state index in [4.69, 9.17) is 31.0 Å². The maximum absolute atomic E-state index is 12.5. The standard InChI is InChI=1S/C18H26N2O3.2C15H20N2O2.C13H18N2O/c1-16(2,3)23-15(22)20-9-8-13-17(4,5)14(21)12(19-7)10-18(13,6)11-20;2*1-10(18)17-7-6-12-14(2,3)13(19)11(16-5)8-15(12,4)9-17;1-12(2)10-5-6-15-8-13(10,3)7-9(14-4)11(12)16/h10,13H,8-9,11H2,1-6H3;2*8,12H,6-7,9H2,1-4H3;7,10,15H,5-6,8H2,1-3H3/p+1/t13-,18+;2*12-,15+;10-,13+/m0100/s1. The summed E-state index contributed by atoms with van der Waals surface area (Å²) in [5.41, 5.74) is -2.55. The number of ether oxygens (including phenoxy) is 1. The van der Waals surface area contributed by atoms with E-state index in [2.05, 4.69) is 45.5 Å². The molecule has 77 heavy (non-hydrogen) atoms. The summed E-state index contributed by atoms with van der Waals surface area (Å²) in [7, 11) is 0. The Labute approximate surface area is 460 Å². The lowest BCUT2D eigenvalue weighted by molar-refractivity contribution is -0.140. The van der Waals surface area contributed by atoms with Crippen LogP contribution >= 0.6 is 0 Å². The zero-order valence-electron chi connectivity index (χ0n) is 50.0. The van der Waals surface area contributed by atoms with Gasteiger partial charge in [0, 0.05) is 81.3 Å². The molecule has 1 N–H and O–H groups in total. The zero-order chi connectivity index (χ0) is 58.4. The predicted molar refractivity (Wildman–Crippen MR) is 295 cm³/mol. The highest BCUT2D eigenvalue weighted by atomic mass is 16.6. The number of allylic oxidation sites excluding steroid dienone is 4. The van der Waals surface area contributed by atoms with Crippen LogP contribution in [0.4, 0.5) is 4.79 Å². The molecule has 4 saturated heterocycles. The van der Waals surface area contributed by atoms with Gasteiger partial charge in [0.15, 0.2) is 23.1 Å². The summed E-state index contributed by atoms with van der Waals surface area (Å²) >= 11 is 0. The third-order valence-corrected chi connectivity index (χ3v) is 18.6. The van der Waals surface area contributed by atoms with Crippen LogP contribution < -0.4 is 5.32 Å². The average molecular weight is 1060 g/mol. The van der Waals surface area contributed by atoms with Crippen molar-refractivity contribution in [3.63, 3.8) is 0 Å². The van der Waals surface area contributed by atoms with Crippen LogP contribution in [0.15, 0.2) is 47.1 Å². The number of rotatable bonds is 0. The first kappa shape index (κ1) is 61.6. The molecule has 8 atom stereocenters. The number of likely N-dealkylation sites (tertiary alicyclic amines) is 3. The van der Waals surface area contributed by atoms with Crippen LogP contribution in [-0.4, -0.2) is 114 Å². The van der Waals surface area contributed by atoms with E-state index in [-0.39, 0.29) is 99.0 Å². The molecule has 8 aliphatic rings. The number of ketones is 4. The molecule has 0 bridgehead atoms. The number of piperidine rings is 4. The zero-order valence-corrected chi connectivity index (χ0v) is 49.0. The molecule has 3 amide bonds. The lowest BCUT2D eigenvalue weighted by atomic mass is 9.55. The van der Waals surface area contributed by atoms with Crippen molar-refractivity contribution in [2.75, 3.05) is 52.4 Å². The summed E-state index contributed by atoms with van der Waals surface area (Å²) in [6, 6.07) is 0. The first-order chi connectivity index (χ1) is 35.3. The van der Waals surface area contributed by atoms with Gasteiger partial charge in [-0.05, 0) is 98.3 Å². The van der Waals surface area contributed by atoms with Crippen molar-refractivity contribution in [2.24, 2.45) is 67.0 Å². The lowest BCUT2D eigenvalue weighted by Crippen LogP contribution is -2.57. The van der Waals surface area contributed by atoms with Crippen molar-refractivity contribution in [2.45, 2.75) is 149 Å². The molecular weight excluding hydrogens is 973 g/mol. The average Bonchev–Trinajstić information content (AvgIpc) is 3.33. The molecule has 4 aliphatic heterocycles. The number of carbonyl (C=O) groups excluding carboxylic acids is 7. The first-order valence-corrected chi connectivity index (χ1v) is 27.1. The number of hydrogen-bond donors (Lipinski definition) is 1. The molecule has 4 aliphatic carbocycles. The monoisotopic (exact) mass is 1060 g/mol. The fraction of sp³-hybridized carbons (Fsp3) is 0.689. The molecule has 0 aromatic carbocycles. The Balaban J connectivity index is 0.000000225. The molecule has 0 saturated carbocycles. The normalized spacial score (nSPS) is 33.1. The van der Waals surface area contributed by atoms with Crippen molar-refractivity contribution >= 4 is 41.0 Å². The quantitative estimate of drug-likeness (QED) is 0.232. The highest BCUT2D eigenvalue weighted by molar-refractivity contribution is 6.04. The van der Waals surface area contributed by atoms with E-state index in [0.29, 0.717) is 50.9 Å². The number of hydrogen-bond acceptors (Lipinski definition) is 9. The van der Waals surface area contributed by atoms with Crippen LogP contribution in [0.5, 0.6) is 0 Å². The number of amides is 3. The highest BCUT2D eigenvalue weighted by Crippen LogP contribution is 2.55. The smallest absolute Gasteiger partial charge is 0.444 e. The van der Waals surface area contributed by atoms with Gasteiger partial charge in [-0.25, -0.2) is 24.2 Å². The van der Waals surface area contributed by atoms with Crippen molar-refractivity contribution in [3.8, 4) is 0 Å². The third-order valence-electron chi connectivity index (χ3n) is 18.6. The van der Waals surface area contributed by atoms with Gasteiger partial charge in [0.1, 0.15) is 5.60 Å². The minimum absolute atomic E-state index is 0. The third kappa shape index (κ3) is 11.8. The SMILES string of the molecule is [C-]#[N+]C1=C[C@@]2(C)CN(C(C)=O)CC[C@@H]2C(C)(C)C1=O.[C-]#[N+]C1=C[C@]2(C)CN(C(=O)OC(C)(C)C)CC[C@H]2C(C)(C)C1=O.[C-]#[N+]C1=C[C@]2(C)CN(C(C)=O)CC[C@H]2C(C)(C)C1=O.[C-]#[N+]C1=C[C@]2(C)CNCC[C@H]2C(C)(C)C1=O.[H+].